The number of para-hydroxylation sites is 1. The number of carbonyl (C=O) groups is 1. The Bertz CT molecular complexity index is 603. The van der Waals surface area contributed by atoms with Gasteiger partial charge in [-0.2, -0.15) is 0 Å². The zero-order valence-electron chi connectivity index (χ0n) is 14.1. The van der Waals surface area contributed by atoms with Gasteiger partial charge in [-0.3, -0.25) is 4.79 Å². The van der Waals surface area contributed by atoms with Gasteiger partial charge in [0.25, 0.3) is 0 Å². The first-order valence-electron chi connectivity index (χ1n) is 8.10. The topological polar surface area (TPSA) is 58.4 Å². The summed E-state index contributed by atoms with van der Waals surface area (Å²) in [7, 11) is 0. The highest BCUT2D eigenvalue weighted by atomic mass is 16.5. The maximum atomic E-state index is 12.0. The van der Waals surface area contributed by atoms with Crippen molar-refractivity contribution in [2.24, 2.45) is 0 Å². The number of nitrogens with zero attached hydrogens (tertiary/aromatic N) is 2. The Kier molecular flexibility index (Phi) is 6.20. The molecule has 1 aromatic heterocycles. The van der Waals surface area contributed by atoms with Gasteiger partial charge in [0.1, 0.15) is 5.76 Å². The highest BCUT2D eigenvalue weighted by Crippen LogP contribution is 2.13. The van der Waals surface area contributed by atoms with E-state index in [0.29, 0.717) is 13.0 Å². The molecule has 0 radical (unpaired) electrons. The third-order valence-corrected chi connectivity index (χ3v) is 3.95. The van der Waals surface area contributed by atoms with Crippen molar-refractivity contribution in [1.82, 2.24) is 10.5 Å². The molecule has 1 N–H and O–H groups in total. The van der Waals surface area contributed by atoms with Crippen LogP contribution in [0.5, 0.6) is 0 Å². The van der Waals surface area contributed by atoms with Crippen molar-refractivity contribution in [2.75, 3.05) is 24.5 Å². The molecule has 0 aliphatic rings. The summed E-state index contributed by atoms with van der Waals surface area (Å²) in [6.07, 6.45) is 1.24. The summed E-state index contributed by atoms with van der Waals surface area (Å²) in [6.45, 7) is 8.39. The van der Waals surface area contributed by atoms with E-state index in [1.54, 1.807) is 0 Å². The molecule has 0 atom stereocenters. The Hall–Kier alpha value is -2.30. The molecule has 0 bridgehead atoms. The minimum atomic E-state index is 0.0159. The summed E-state index contributed by atoms with van der Waals surface area (Å²) in [5, 5.41) is 6.84. The Labute approximate surface area is 137 Å². The lowest BCUT2D eigenvalue weighted by Gasteiger charge is -2.23. The van der Waals surface area contributed by atoms with Crippen LogP contribution >= 0.6 is 0 Å². The van der Waals surface area contributed by atoms with Crippen LogP contribution in [0.2, 0.25) is 0 Å². The fourth-order valence-electron chi connectivity index (χ4n) is 2.58. The third kappa shape index (κ3) is 4.84. The number of rotatable bonds is 8. The number of carbonyl (C=O) groups excluding carboxylic acids is 1. The summed E-state index contributed by atoms with van der Waals surface area (Å²) in [5.74, 6) is 0.737. The van der Waals surface area contributed by atoms with Crippen LogP contribution in [0.15, 0.2) is 34.9 Å². The predicted octanol–water partition coefficient (Wildman–Crippen LogP) is 2.87. The van der Waals surface area contributed by atoms with E-state index in [1.807, 2.05) is 32.0 Å². The first-order chi connectivity index (χ1) is 11.1. The lowest BCUT2D eigenvalue weighted by molar-refractivity contribution is -0.120. The van der Waals surface area contributed by atoms with Gasteiger partial charge >= 0.3 is 0 Å². The van der Waals surface area contributed by atoms with E-state index in [-0.39, 0.29) is 5.91 Å². The number of aryl methyl sites for hydroxylation is 2. The van der Waals surface area contributed by atoms with Crippen LogP contribution in [0.25, 0.3) is 0 Å². The van der Waals surface area contributed by atoms with Crippen LogP contribution in [-0.4, -0.2) is 30.7 Å². The Morgan fingerprint density at radius 2 is 2.00 bits per heavy atom. The van der Waals surface area contributed by atoms with Crippen molar-refractivity contribution in [3.8, 4) is 0 Å². The zero-order valence-corrected chi connectivity index (χ0v) is 14.1. The van der Waals surface area contributed by atoms with Crippen molar-refractivity contribution in [1.29, 1.82) is 0 Å². The SMILES string of the molecule is CCN(CCCNC(=O)Cc1c(C)noc1C)c1ccccc1. The monoisotopic (exact) mass is 315 g/mol. The maximum Gasteiger partial charge on any atom is 0.224 e. The molecule has 1 amide bonds. The molecule has 0 fully saturated rings. The van der Waals surface area contributed by atoms with Gasteiger partial charge in [0, 0.05) is 30.9 Å². The second-order valence-electron chi connectivity index (χ2n) is 5.60. The predicted molar refractivity (Wildman–Crippen MR) is 91.6 cm³/mol. The molecule has 0 saturated carbocycles. The van der Waals surface area contributed by atoms with Crippen molar-refractivity contribution >= 4 is 11.6 Å². The second-order valence-corrected chi connectivity index (χ2v) is 5.60. The van der Waals surface area contributed by atoms with E-state index in [4.69, 9.17) is 4.52 Å². The number of hydrogen-bond donors (Lipinski definition) is 1. The number of amides is 1. The molecule has 1 aromatic carbocycles. The quantitative estimate of drug-likeness (QED) is 0.761. The largest absolute Gasteiger partial charge is 0.372 e. The van der Waals surface area contributed by atoms with Crippen molar-refractivity contribution in [3.05, 3.63) is 47.3 Å². The molecule has 5 heteroatoms. The van der Waals surface area contributed by atoms with Gasteiger partial charge in [0.15, 0.2) is 0 Å². The number of benzene rings is 1. The van der Waals surface area contributed by atoms with Gasteiger partial charge in [-0.05, 0) is 39.3 Å². The van der Waals surface area contributed by atoms with Crippen LogP contribution in [-0.2, 0) is 11.2 Å². The second kappa shape index (κ2) is 8.36. The van der Waals surface area contributed by atoms with Crippen LogP contribution in [0.1, 0.15) is 30.4 Å². The van der Waals surface area contributed by atoms with Crippen LogP contribution < -0.4 is 10.2 Å². The molecule has 124 valence electrons. The molecule has 0 aliphatic heterocycles. The Balaban J connectivity index is 1.73. The minimum Gasteiger partial charge on any atom is -0.372 e. The summed E-state index contributed by atoms with van der Waals surface area (Å²) >= 11 is 0. The molecular weight excluding hydrogens is 290 g/mol. The first kappa shape index (κ1) is 17.1. The molecule has 0 spiro atoms. The average Bonchev–Trinajstić information content (AvgIpc) is 2.87. The van der Waals surface area contributed by atoms with Gasteiger partial charge < -0.3 is 14.7 Å². The van der Waals surface area contributed by atoms with E-state index in [9.17, 15) is 4.79 Å². The molecular formula is C18H25N3O2. The van der Waals surface area contributed by atoms with Gasteiger partial charge in [0.05, 0.1) is 12.1 Å². The van der Waals surface area contributed by atoms with E-state index in [1.165, 1.54) is 5.69 Å². The van der Waals surface area contributed by atoms with E-state index in [2.05, 4.69) is 34.4 Å². The normalized spacial score (nSPS) is 10.6. The fourth-order valence-corrected chi connectivity index (χ4v) is 2.58. The van der Waals surface area contributed by atoms with E-state index < -0.39 is 0 Å². The van der Waals surface area contributed by atoms with Gasteiger partial charge in [-0.25, -0.2) is 0 Å². The van der Waals surface area contributed by atoms with E-state index >= 15 is 0 Å². The minimum absolute atomic E-state index is 0.0159. The molecule has 0 saturated heterocycles. The standard InChI is InChI=1S/C18H25N3O2/c1-4-21(16-9-6-5-7-10-16)12-8-11-19-18(22)13-17-14(2)20-23-15(17)3/h5-7,9-10H,4,8,11-13H2,1-3H3,(H,19,22). The number of aromatic nitrogens is 1. The number of anilines is 1. The van der Waals surface area contributed by atoms with Gasteiger partial charge in [-0.1, -0.05) is 23.4 Å². The summed E-state index contributed by atoms with van der Waals surface area (Å²) in [6, 6.07) is 10.3. The molecule has 2 aromatic rings. The van der Waals surface area contributed by atoms with Crippen LogP contribution in [0.3, 0.4) is 0 Å². The molecule has 0 aliphatic carbocycles. The Morgan fingerprint density at radius 1 is 1.26 bits per heavy atom. The average molecular weight is 315 g/mol. The highest BCUT2D eigenvalue weighted by molar-refractivity contribution is 5.78. The summed E-state index contributed by atoms with van der Waals surface area (Å²) in [4.78, 5) is 14.3. The smallest absolute Gasteiger partial charge is 0.224 e. The molecule has 0 unspecified atom stereocenters. The molecule has 1 heterocycles. The number of nitrogens with one attached hydrogen (secondary N) is 1. The lowest BCUT2D eigenvalue weighted by Crippen LogP contribution is -2.30. The maximum absolute atomic E-state index is 12.0. The van der Waals surface area contributed by atoms with Crippen molar-refractivity contribution in [3.63, 3.8) is 0 Å². The van der Waals surface area contributed by atoms with Gasteiger partial charge in [0.2, 0.25) is 5.91 Å². The zero-order chi connectivity index (χ0) is 16.7. The van der Waals surface area contributed by atoms with Crippen molar-refractivity contribution in [2.45, 2.75) is 33.6 Å². The van der Waals surface area contributed by atoms with Gasteiger partial charge in [-0.15, -0.1) is 0 Å². The Morgan fingerprint density at radius 3 is 2.61 bits per heavy atom. The van der Waals surface area contributed by atoms with E-state index in [0.717, 1.165) is 36.5 Å². The van der Waals surface area contributed by atoms with Crippen LogP contribution in [0, 0.1) is 13.8 Å². The van der Waals surface area contributed by atoms with Crippen molar-refractivity contribution < 1.29 is 9.32 Å². The summed E-state index contributed by atoms with van der Waals surface area (Å²) in [5.41, 5.74) is 2.90. The lowest BCUT2D eigenvalue weighted by atomic mass is 10.1. The first-order valence-corrected chi connectivity index (χ1v) is 8.10. The molecule has 5 nitrogen and oxygen atoms in total. The third-order valence-electron chi connectivity index (χ3n) is 3.95. The number of hydrogen-bond acceptors (Lipinski definition) is 4. The molecule has 2 rings (SSSR count). The molecule has 23 heavy (non-hydrogen) atoms. The van der Waals surface area contributed by atoms with Crippen LogP contribution in [0.4, 0.5) is 5.69 Å². The highest BCUT2D eigenvalue weighted by Gasteiger charge is 2.13. The fraction of sp³-hybridized carbons (Fsp3) is 0.444. The summed E-state index contributed by atoms with van der Waals surface area (Å²) < 4.78 is 5.08.